The molecule has 0 radical (unpaired) electrons. The fraction of sp³-hybridized carbons (Fsp3) is 0.182. The lowest BCUT2D eigenvalue weighted by Gasteiger charge is -2.07. The maximum Gasteiger partial charge on any atom is 0.338 e. The van der Waals surface area contributed by atoms with Gasteiger partial charge in [0.25, 0.3) is 0 Å². The standard InChI is InChI=1S/C22H20N4O3S/c1-15-12-19(16(2)26(15)22-23-9-11-30-22)20(27)14-29-21(28)18-6-4-17(5-7-18)13-25-10-3-8-24-25/h3-12H,13-14H2,1-2H3. The normalized spacial score (nSPS) is 10.9. The van der Waals surface area contributed by atoms with Crippen molar-refractivity contribution in [2.45, 2.75) is 20.4 Å². The molecule has 0 N–H and O–H groups in total. The van der Waals surface area contributed by atoms with Gasteiger partial charge in [-0.05, 0) is 43.7 Å². The first-order valence-corrected chi connectivity index (χ1v) is 10.3. The molecule has 0 saturated heterocycles. The second kappa shape index (κ2) is 8.46. The van der Waals surface area contributed by atoms with Crippen LogP contribution < -0.4 is 0 Å². The van der Waals surface area contributed by atoms with Gasteiger partial charge in [0.05, 0.1) is 12.1 Å². The minimum Gasteiger partial charge on any atom is -0.454 e. The lowest BCUT2D eigenvalue weighted by molar-refractivity contribution is 0.0474. The second-order valence-corrected chi connectivity index (χ2v) is 7.71. The highest BCUT2D eigenvalue weighted by atomic mass is 32.1. The lowest BCUT2D eigenvalue weighted by Crippen LogP contribution is -2.15. The number of thiazole rings is 1. The van der Waals surface area contributed by atoms with Crippen LogP contribution in [0.25, 0.3) is 5.13 Å². The van der Waals surface area contributed by atoms with E-state index in [4.69, 9.17) is 4.74 Å². The number of hydrogen-bond acceptors (Lipinski definition) is 6. The Morgan fingerprint density at radius 1 is 1.13 bits per heavy atom. The predicted octanol–water partition coefficient (Wildman–Crippen LogP) is 3.84. The smallest absolute Gasteiger partial charge is 0.338 e. The van der Waals surface area contributed by atoms with Crippen LogP contribution in [0.5, 0.6) is 0 Å². The van der Waals surface area contributed by atoms with Crippen LogP contribution in [0.2, 0.25) is 0 Å². The third kappa shape index (κ3) is 4.08. The van der Waals surface area contributed by atoms with Crippen LogP contribution in [0, 0.1) is 13.8 Å². The highest BCUT2D eigenvalue weighted by Crippen LogP contribution is 2.22. The number of rotatable bonds is 7. The molecule has 0 unspecified atom stereocenters. The second-order valence-electron chi connectivity index (χ2n) is 6.83. The first kappa shape index (κ1) is 19.8. The first-order chi connectivity index (χ1) is 14.5. The number of aryl methyl sites for hydroxylation is 1. The van der Waals surface area contributed by atoms with Gasteiger partial charge in [-0.2, -0.15) is 5.10 Å². The van der Waals surface area contributed by atoms with Crippen LogP contribution in [0.1, 0.15) is 37.7 Å². The minimum absolute atomic E-state index is 0.241. The van der Waals surface area contributed by atoms with Gasteiger partial charge in [0.1, 0.15) is 0 Å². The van der Waals surface area contributed by atoms with E-state index in [0.717, 1.165) is 22.1 Å². The maximum atomic E-state index is 12.7. The highest BCUT2D eigenvalue weighted by Gasteiger charge is 2.19. The Hall–Kier alpha value is -3.52. The Morgan fingerprint density at radius 2 is 1.93 bits per heavy atom. The van der Waals surface area contributed by atoms with Gasteiger partial charge in [0, 0.05) is 40.9 Å². The lowest BCUT2D eigenvalue weighted by atomic mass is 10.1. The van der Waals surface area contributed by atoms with Gasteiger partial charge in [-0.15, -0.1) is 11.3 Å². The number of Topliss-reactive ketones (excluding diaryl/α,β-unsaturated/α-hetero) is 1. The van der Waals surface area contributed by atoms with Crippen molar-refractivity contribution in [1.82, 2.24) is 19.3 Å². The van der Waals surface area contributed by atoms with Gasteiger partial charge in [0.2, 0.25) is 5.78 Å². The third-order valence-electron chi connectivity index (χ3n) is 4.77. The van der Waals surface area contributed by atoms with Gasteiger partial charge < -0.3 is 4.74 Å². The molecule has 0 fully saturated rings. The molecule has 0 saturated carbocycles. The molecule has 8 heteroatoms. The first-order valence-electron chi connectivity index (χ1n) is 9.38. The van der Waals surface area contributed by atoms with Crippen molar-refractivity contribution in [2.24, 2.45) is 0 Å². The molecule has 3 aromatic heterocycles. The van der Waals surface area contributed by atoms with E-state index in [1.807, 2.05) is 48.2 Å². The summed E-state index contributed by atoms with van der Waals surface area (Å²) in [5.41, 5.74) is 3.64. The summed E-state index contributed by atoms with van der Waals surface area (Å²) in [7, 11) is 0. The van der Waals surface area contributed by atoms with Crippen molar-refractivity contribution in [3.63, 3.8) is 0 Å². The van der Waals surface area contributed by atoms with Crippen LogP contribution in [-0.4, -0.2) is 37.7 Å². The number of ketones is 1. The van der Waals surface area contributed by atoms with Crippen molar-refractivity contribution in [3.8, 4) is 5.13 Å². The van der Waals surface area contributed by atoms with E-state index in [1.165, 1.54) is 11.3 Å². The number of ether oxygens (including phenoxy) is 1. The molecule has 0 aliphatic heterocycles. The zero-order valence-corrected chi connectivity index (χ0v) is 17.4. The van der Waals surface area contributed by atoms with E-state index >= 15 is 0 Å². The van der Waals surface area contributed by atoms with E-state index in [9.17, 15) is 9.59 Å². The fourth-order valence-electron chi connectivity index (χ4n) is 3.29. The molecular weight excluding hydrogens is 400 g/mol. The molecule has 0 aliphatic rings. The third-order valence-corrected chi connectivity index (χ3v) is 5.53. The molecule has 0 aliphatic carbocycles. The number of carbonyl (C=O) groups is 2. The molecule has 3 heterocycles. The SMILES string of the molecule is Cc1cc(C(=O)COC(=O)c2ccc(Cn3cccn3)cc2)c(C)n1-c1nccs1. The van der Waals surface area contributed by atoms with Crippen LogP contribution >= 0.6 is 11.3 Å². The fourth-order valence-corrected chi connectivity index (χ4v) is 4.04. The van der Waals surface area contributed by atoms with Crippen LogP contribution in [-0.2, 0) is 11.3 Å². The largest absolute Gasteiger partial charge is 0.454 e. The molecular formula is C22H20N4O3S. The summed E-state index contributed by atoms with van der Waals surface area (Å²) in [4.78, 5) is 29.3. The van der Waals surface area contributed by atoms with Crippen molar-refractivity contribution in [2.75, 3.05) is 6.61 Å². The van der Waals surface area contributed by atoms with E-state index in [0.29, 0.717) is 17.7 Å². The summed E-state index contributed by atoms with van der Waals surface area (Å²) in [6.07, 6.45) is 5.32. The van der Waals surface area contributed by atoms with Gasteiger partial charge in [-0.25, -0.2) is 9.78 Å². The van der Waals surface area contributed by atoms with Crippen molar-refractivity contribution in [1.29, 1.82) is 0 Å². The number of carbonyl (C=O) groups excluding carboxylic acids is 2. The Kier molecular flexibility index (Phi) is 5.58. The van der Waals surface area contributed by atoms with Crippen molar-refractivity contribution < 1.29 is 14.3 Å². The number of esters is 1. The molecule has 4 aromatic rings. The maximum absolute atomic E-state index is 12.7. The molecule has 0 spiro atoms. The molecule has 4 rings (SSSR count). The van der Waals surface area contributed by atoms with E-state index in [2.05, 4.69) is 10.1 Å². The van der Waals surface area contributed by atoms with Crippen LogP contribution in [0.3, 0.4) is 0 Å². The molecule has 0 bridgehead atoms. The number of benzene rings is 1. The van der Waals surface area contributed by atoms with Crippen LogP contribution in [0.15, 0.2) is 60.4 Å². The predicted molar refractivity (Wildman–Crippen MR) is 113 cm³/mol. The number of aromatic nitrogens is 4. The van der Waals surface area contributed by atoms with Crippen molar-refractivity contribution >= 4 is 23.1 Å². The zero-order chi connectivity index (χ0) is 21.1. The van der Waals surface area contributed by atoms with E-state index in [-0.39, 0.29) is 12.4 Å². The average molecular weight is 420 g/mol. The molecule has 1 aromatic carbocycles. The minimum atomic E-state index is -0.525. The zero-order valence-electron chi connectivity index (χ0n) is 16.6. The van der Waals surface area contributed by atoms with Crippen molar-refractivity contribution in [3.05, 3.63) is 88.4 Å². The summed E-state index contributed by atoms with van der Waals surface area (Å²) in [6, 6.07) is 10.7. The average Bonchev–Trinajstić information content (AvgIpc) is 3.49. The Bertz CT molecular complexity index is 1160. The molecule has 30 heavy (non-hydrogen) atoms. The van der Waals surface area contributed by atoms with Gasteiger partial charge in [-0.3, -0.25) is 14.0 Å². The molecule has 0 atom stereocenters. The molecule has 152 valence electrons. The summed E-state index contributed by atoms with van der Waals surface area (Å²) in [5.74, 6) is -0.766. The van der Waals surface area contributed by atoms with E-state index in [1.54, 1.807) is 35.3 Å². The quantitative estimate of drug-likeness (QED) is 0.335. The Morgan fingerprint density at radius 3 is 2.60 bits per heavy atom. The molecule has 7 nitrogen and oxygen atoms in total. The number of nitrogens with zero attached hydrogens (tertiary/aromatic N) is 4. The Labute approximate surface area is 177 Å². The van der Waals surface area contributed by atoms with Crippen LogP contribution in [0.4, 0.5) is 0 Å². The molecule has 0 amide bonds. The van der Waals surface area contributed by atoms with Gasteiger partial charge in [0.15, 0.2) is 11.7 Å². The van der Waals surface area contributed by atoms with E-state index < -0.39 is 5.97 Å². The monoisotopic (exact) mass is 420 g/mol. The number of hydrogen-bond donors (Lipinski definition) is 0. The summed E-state index contributed by atoms with van der Waals surface area (Å²) >= 11 is 1.50. The Balaban J connectivity index is 1.39. The van der Waals surface area contributed by atoms with Gasteiger partial charge >= 0.3 is 5.97 Å². The highest BCUT2D eigenvalue weighted by molar-refractivity contribution is 7.12. The summed E-state index contributed by atoms with van der Waals surface area (Å²) < 4.78 is 8.98. The summed E-state index contributed by atoms with van der Waals surface area (Å²) in [6.45, 7) is 4.09. The van der Waals surface area contributed by atoms with Gasteiger partial charge in [-0.1, -0.05) is 12.1 Å². The summed E-state index contributed by atoms with van der Waals surface area (Å²) in [5, 5.41) is 6.85. The topological polar surface area (TPSA) is 79.0 Å².